The third kappa shape index (κ3) is 3.74. The van der Waals surface area contributed by atoms with Crippen molar-refractivity contribution in [1.82, 2.24) is 35.0 Å². The molecule has 36 heavy (non-hydrogen) atoms. The molecule has 6 aromatic rings. The molecule has 2 N–H and O–H groups in total. The molecule has 1 aliphatic rings. The molecule has 0 atom stereocenters. The van der Waals surface area contributed by atoms with Gasteiger partial charge in [-0.2, -0.15) is 5.10 Å². The van der Waals surface area contributed by atoms with E-state index >= 15 is 0 Å². The fraction of sp³-hybridized carbons (Fsp3) is 0.172. The first kappa shape index (κ1) is 21.0. The van der Waals surface area contributed by atoms with Crippen LogP contribution in [-0.4, -0.2) is 48.1 Å². The first-order valence-electron chi connectivity index (χ1n) is 12.3. The minimum absolute atomic E-state index is 0.890. The van der Waals surface area contributed by atoms with E-state index in [1.54, 1.807) is 6.20 Å². The lowest BCUT2D eigenvalue weighted by Crippen LogP contribution is -2.18. The molecule has 7 nitrogen and oxygen atoms in total. The zero-order valence-electron chi connectivity index (χ0n) is 19.8. The summed E-state index contributed by atoms with van der Waals surface area (Å²) in [6.45, 7) is 3.32. The number of hydrogen-bond donors (Lipinski definition) is 2. The van der Waals surface area contributed by atoms with Gasteiger partial charge in [-0.3, -0.25) is 25.0 Å². The molecule has 7 heteroatoms. The number of likely N-dealkylation sites (tertiary alicyclic amines) is 1. The third-order valence-electron chi connectivity index (χ3n) is 7.07. The average Bonchev–Trinajstić information content (AvgIpc) is 3.68. The lowest BCUT2D eigenvalue weighted by atomic mass is 10.0. The van der Waals surface area contributed by atoms with Crippen LogP contribution >= 0.6 is 0 Å². The van der Waals surface area contributed by atoms with E-state index in [0.717, 1.165) is 62.0 Å². The lowest BCUT2D eigenvalue weighted by Gasteiger charge is -2.14. The summed E-state index contributed by atoms with van der Waals surface area (Å²) in [4.78, 5) is 19.3. The van der Waals surface area contributed by atoms with Crippen LogP contribution in [0.15, 0.2) is 79.6 Å². The highest BCUT2D eigenvalue weighted by molar-refractivity contribution is 6.01. The van der Waals surface area contributed by atoms with Crippen molar-refractivity contribution in [1.29, 1.82) is 0 Å². The molecule has 0 amide bonds. The minimum atomic E-state index is 0.890. The summed E-state index contributed by atoms with van der Waals surface area (Å²) in [5.41, 5.74) is 9.41. The molecule has 5 aromatic heterocycles. The number of rotatable bonds is 5. The van der Waals surface area contributed by atoms with E-state index in [1.165, 1.54) is 31.5 Å². The number of nitrogens with one attached hydrogen (secondary N) is 2. The molecule has 7 rings (SSSR count). The molecule has 1 aromatic carbocycles. The average molecular weight is 472 g/mol. The van der Waals surface area contributed by atoms with Crippen LogP contribution in [0.5, 0.6) is 0 Å². The predicted octanol–water partition coefficient (Wildman–Crippen LogP) is 5.83. The van der Waals surface area contributed by atoms with Gasteiger partial charge in [-0.05, 0) is 67.4 Å². The second kappa shape index (κ2) is 8.70. The van der Waals surface area contributed by atoms with E-state index in [-0.39, 0.29) is 0 Å². The number of H-pyrrole nitrogens is 2. The van der Waals surface area contributed by atoms with Crippen LogP contribution in [0, 0.1) is 0 Å². The van der Waals surface area contributed by atoms with Crippen molar-refractivity contribution in [3.05, 3.63) is 85.2 Å². The maximum atomic E-state index is 4.67. The molecule has 0 unspecified atom stereocenters. The number of fused-ring (bicyclic) bond motifs is 2. The monoisotopic (exact) mass is 471 g/mol. The number of hydrogen-bond acceptors (Lipinski definition) is 5. The molecule has 176 valence electrons. The molecule has 6 heterocycles. The van der Waals surface area contributed by atoms with Gasteiger partial charge in [0.2, 0.25) is 0 Å². The highest BCUT2D eigenvalue weighted by atomic mass is 15.1. The van der Waals surface area contributed by atoms with E-state index < -0.39 is 0 Å². The van der Waals surface area contributed by atoms with Crippen LogP contribution in [0.25, 0.3) is 55.4 Å². The summed E-state index contributed by atoms with van der Waals surface area (Å²) >= 11 is 0. The van der Waals surface area contributed by atoms with Gasteiger partial charge < -0.3 is 4.98 Å². The molecule has 0 spiro atoms. The maximum absolute atomic E-state index is 4.67. The number of pyridine rings is 3. The fourth-order valence-electron chi connectivity index (χ4n) is 5.26. The Morgan fingerprint density at radius 3 is 2.53 bits per heavy atom. The molecule has 1 saturated heterocycles. The summed E-state index contributed by atoms with van der Waals surface area (Å²) in [5, 5.41) is 10.0. The third-order valence-corrected chi connectivity index (χ3v) is 7.07. The Labute approximate surface area is 208 Å². The Morgan fingerprint density at radius 1 is 0.750 bits per heavy atom. The number of aromatic amines is 2. The Morgan fingerprint density at radius 2 is 1.64 bits per heavy atom. The predicted molar refractivity (Wildman–Crippen MR) is 142 cm³/mol. The van der Waals surface area contributed by atoms with Crippen molar-refractivity contribution in [3.8, 4) is 33.6 Å². The molecule has 0 saturated carbocycles. The van der Waals surface area contributed by atoms with Gasteiger partial charge in [0.1, 0.15) is 5.69 Å². The van der Waals surface area contributed by atoms with Gasteiger partial charge in [-0.15, -0.1) is 0 Å². The largest absolute Gasteiger partial charge is 0.352 e. The van der Waals surface area contributed by atoms with E-state index in [1.807, 2.05) is 37.1 Å². The number of nitrogens with zero attached hydrogens (tertiary/aromatic N) is 5. The van der Waals surface area contributed by atoms with Crippen molar-refractivity contribution < 1.29 is 0 Å². The van der Waals surface area contributed by atoms with Gasteiger partial charge in [0.15, 0.2) is 0 Å². The van der Waals surface area contributed by atoms with Crippen molar-refractivity contribution >= 4 is 21.8 Å². The Balaban J connectivity index is 1.28. The van der Waals surface area contributed by atoms with Gasteiger partial charge >= 0.3 is 0 Å². The molecule has 0 aliphatic carbocycles. The second-order valence-electron chi connectivity index (χ2n) is 9.47. The van der Waals surface area contributed by atoms with Crippen molar-refractivity contribution in [2.75, 3.05) is 13.1 Å². The first-order chi connectivity index (χ1) is 17.8. The van der Waals surface area contributed by atoms with E-state index in [0.29, 0.717) is 0 Å². The van der Waals surface area contributed by atoms with Crippen LogP contribution in [0.2, 0.25) is 0 Å². The lowest BCUT2D eigenvalue weighted by molar-refractivity contribution is 0.331. The quantitative estimate of drug-likeness (QED) is 0.331. The van der Waals surface area contributed by atoms with Gasteiger partial charge in [-0.1, -0.05) is 12.1 Å². The van der Waals surface area contributed by atoms with Gasteiger partial charge in [-0.25, -0.2) is 0 Å². The normalized spacial score (nSPS) is 14.2. The van der Waals surface area contributed by atoms with Crippen molar-refractivity contribution in [2.24, 2.45) is 0 Å². The molecule has 0 bridgehead atoms. The van der Waals surface area contributed by atoms with Gasteiger partial charge in [0.25, 0.3) is 0 Å². The zero-order valence-corrected chi connectivity index (χ0v) is 19.8. The number of aromatic nitrogens is 6. The van der Waals surface area contributed by atoms with E-state index in [9.17, 15) is 0 Å². The fourth-order valence-corrected chi connectivity index (χ4v) is 5.26. The molecule has 1 aliphatic heterocycles. The van der Waals surface area contributed by atoms with Crippen LogP contribution in [0.4, 0.5) is 0 Å². The topological polar surface area (TPSA) is 86.4 Å². The van der Waals surface area contributed by atoms with Gasteiger partial charge in [0, 0.05) is 65.0 Å². The highest BCUT2D eigenvalue weighted by Crippen LogP contribution is 2.34. The minimum Gasteiger partial charge on any atom is -0.352 e. The molecule has 1 fully saturated rings. The molecule has 0 radical (unpaired) electrons. The Bertz CT molecular complexity index is 1680. The van der Waals surface area contributed by atoms with Crippen molar-refractivity contribution in [3.63, 3.8) is 0 Å². The van der Waals surface area contributed by atoms with E-state index in [4.69, 9.17) is 0 Å². The number of benzene rings is 1. The van der Waals surface area contributed by atoms with Crippen LogP contribution in [0.3, 0.4) is 0 Å². The highest BCUT2D eigenvalue weighted by Gasteiger charge is 2.16. The Kier molecular flexibility index (Phi) is 5.06. The Hall–Kier alpha value is -4.36. The second-order valence-corrected chi connectivity index (χ2v) is 9.47. The SMILES string of the molecule is c1cncc(-c2cncc3[nH]c(-c4n[nH]c5ccc(-c6cncc(CN7CCCC7)c6)cc45)cc23)c1. The van der Waals surface area contributed by atoms with Crippen LogP contribution in [0.1, 0.15) is 18.4 Å². The standard InChI is InChI=1S/C29H25N7/c1-2-9-36(8-1)18-19-10-22(15-31-13-19)20-5-6-26-24(11-20)29(35-34-26)27-12-23-25(16-32-17-28(23)33-27)21-4-3-7-30-14-21/h3-7,10-17,33H,1-2,8-9,18H2,(H,34,35). The summed E-state index contributed by atoms with van der Waals surface area (Å²) < 4.78 is 0. The van der Waals surface area contributed by atoms with Crippen LogP contribution in [-0.2, 0) is 6.54 Å². The molecular weight excluding hydrogens is 446 g/mol. The maximum Gasteiger partial charge on any atom is 0.116 e. The first-order valence-corrected chi connectivity index (χ1v) is 12.3. The molecular formula is C29H25N7. The zero-order chi connectivity index (χ0) is 23.9. The van der Waals surface area contributed by atoms with E-state index in [2.05, 4.69) is 71.4 Å². The summed E-state index contributed by atoms with van der Waals surface area (Å²) in [7, 11) is 0. The summed E-state index contributed by atoms with van der Waals surface area (Å²) in [5.74, 6) is 0. The smallest absolute Gasteiger partial charge is 0.116 e. The van der Waals surface area contributed by atoms with Crippen LogP contribution < -0.4 is 0 Å². The van der Waals surface area contributed by atoms with Gasteiger partial charge in [0.05, 0.1) is 22.9 Å². The van der Waals surface area contributed by atoms with Crippen molar-refractivity contribution in [2.45, 2.75) is 19.4 Å². The summed E-state index contributed by atoms with van der Waals surface area (Å²) in [6, 6.07) is 14.9. The summed E-state index contributed by atoms with van der Waals surface area (Å²) in [6.07, 6.45) is 13.9.